The van der Waals surface area contributed by atoms with E-state index >= 15 is 0 Å². The molecule has 0 radical (unpaired) electrons. The van der Waals surface area contributed by atoms with Gasteiger partial charge in [-0.1, -0.05) is 0 Å². The van der Waals surface area contributed by atoms with E-state index in [2.05, 4.69) is 20.6 Å². The van der Waals surface area contributed by atoms with Crippen molar-refractivity contribution >= 4 is 17.3 Å². The normalized spacial score (nSPS) is 10.5. The summed E-state index contributed by atoms with van der Waals surface area (Å²) in [4.78, 5) is 8.22. The summed E-state index contributed by atoms with van der Waals surface area (Å²) < 4.78 is 19.5. The Labute approximate surface area is 134 Å². The highest BCUT2D eigenvalue weighted by atomic mass is 19.1. The van der Waals surface area contributed by atoms with Crippen molar-refractivity contribution in [2.24, 2.45) is 0 Å². The van der Waals surface area contributed by atoms with Gasteiger partial charge in [-0.05, 0) is 32.0 Å². The number of halogens is 1. The molecule has 0 atom stereocenters. The first-order chi connectivity index (χ1) is 11.0. The van der Waals surface area contributed by atoms with Crippen LogP contribution in [0.2, 0.25) is 0 Å². The molecule has 23 heavy (non-hydrogen) atoms. The van der Waals surface area contributed by atoms with Crippen LogP contribution in [0.4, 0.5) is 16.0 Å². The Morgan fingerprint density at radius 1 is 1.17 bits per heavy atom. The third kappa shape index (κ3) is 3.56. The number of anilines is 2. The average molecular weight is 317 g/mol. The topological polar surface area (TPSA) is 82.9 Å². The van der Waals surface area contributed by atoms with Gasteiger partial charge < -0.3 is 15.4 Å². The molecule has 0 aliphatic rings. The van der Waals surface area contributed by atoms with Crippen LogP contribution in [-0.4, -0.2) is 35.9 Å². The van der Waals surface area contributed by atoms with Gasteiger partial charge in [0.1, 0.15) is 18.0 Å². The lowest BCUT2D eigenvalue weighted by Crippen LogP contribution is -2.13. The van der Waals surface area contributed by atoms with Gasteiger partial charge in [0, 0.05) is 19.7 Å². The van der Waals surface area contributed by atoms with Crippen LogP contribution in [0.1, 0.15) is 25.0 Å². The van der Waals surface area contributed by atoms with Crippen LogP contribution in [0.15, 0.2) is 24.5 Å². The molecule has 1 aromatic heterocycles. The lowest BCUT2D eigenvalue weighted by atomic mass is 10.0. The smallest absolute Gasteiger partial charge is 0.165 e. The van der Waals surface area contributed by atoms with E-state index in [0.717, 1.165) is 0 Å². The number of aromatic nitrogens is 2. The number of benzene rings is 1. The summed E-state index contributed by atoms with van der Waals surface area (Å²) >= 11 is 0. The Bertz CT molecular complexity index is 695. The van der Waals surface area contributed by atoms with Crippen LogP contribution in [0.3, 0.4) is 0 Å². The molecule has 0 fully saturated rings. The molecule has 6 nitrogen and oxygen atoms in total. The van der Waals surface area contributed by atoms with E-state index < -0.39 is 5.82 Å². The van der Waals surface area contributed by atoms with Crippen LogP contribution < -0.4 is 15.4 Å². The number of hydrogen-bond donors (Lipinski definition) is 3. The summed E-state index contributed by atoms with van der Waals surface area (Å²) in [7, 11) is 3.41. The Hall–Kier alpha value is -2.70. The van der Waals surface area contributed by atoms with Gasteiger partial charge in [0.15, 0.2) is 11.6 Å². The molecule has 0 unspecified atom stereocenters. The summed E-state index contributed by atoms with van der Waals surface area (Å²) in [5, 5.41) is 14.2. The van der Waals surface area contributed by atoms with Gasteiger partial charge in [-0.3, -0.25) is 5.41 Å². The Kier molecular flexibility index (Phi) is 5.10. The zero-order valence-corrected chi connectivity index (χ0v) is 13.6. The second kappa shape index (κ2) is 7.04. The maximum Gasteiger partial charge on any atom is 0.165 e. The van der Waals surface area contributed by atoms with Crippen molar-refractivity contribution in [3.63, 3.8) is 0 Å². The Morgan fingerprint density at radius 3 is 2.26 bits per heavy atom. The van der Waals surface area contributed by atoms with Gasteiger partial charge >= 0.3 is 0 Å². The molecule has 7 heteroatoms. The molecule has 0 saturated heterocycles. The predicted molar refractivity (Wildman–Crippen MR) is 89.2 cm³/mol. The molecule has 0 spiro atoms. The molecule has 122 valence electrons. The summed E-state index contributed by atoms with van der Waals surface area (Å²) in [5.41, 5.74) is 1.02. The van der Waals surface area contributed by atoms with E-state index in [1.807, 2.05) is 13.8 Å². The minimum absolute atomic E-state index is 0.120. The van der Waals surface area contributed by atoms with Crippen LogP contribution >= 0.6 is 0 Å². The zero-order valence-electron chi connectivity index (χ0n) is 13.6. The SMILES string of the molecule is CNc1ncnc(NC)c1C(=N)c1ccc(OC(C)C)c(F)c1. The molecule has 0 bridgehead atoms. The molecule has 3 N–H and O–H groups in total. The highest BCUT2D eigenvalue weighted by Crippen LogP contribution is 2.26. The van der Waals surface area contributed by atoms with Crippen molar-refractivity contribution in [1.82, 2.24) is 9.97 Å². The van der Waals surface area contributed by atoms with Crippen molar-refractivity contribution in [3.8, 4) is 5.75 Å². The number of nitrogens with one attached hydrogen (secondary N) is 3. The quantitative estimate of drug-likeness (QED) is 0.714. The molecule has 0 aliphatic heterocycles. The second-order valence-corrected chi connectivity index (χ2v) is 5.13. The molecule has 1 aromatic carbocycles. The molecular weight excluding hydrogens is 297 g/mol. The standard InChI is InChI=1S/C16H20FN5O/c1-9(2)23-12-6-5-10(7-11(12)17)14(18)13-15(19-3)21-8-22-16(13)20-4/h5-9,18H,1-4H3,(H2,19,20,21,22). The molecule has 0 saturated carbocycles. The molecule has 2 rings (SSSR count). The zero-order chi connectivity index (χ0) is 17.0. The van der Waals surface area contributed by atoms with Gasteiger partial charge in [0.2, 0.25) is 0 Å². The largest absolute Gasteiger partial charge is 0.488 e. The van der Waals surface area contributed by atoms with E-state index in [1.165, 1.54) is 18.5 Å². The van der Waals surface area contributed by atoms with Crippen LogP contribution in [0, 0.1) is 11.2 Å². The van der Waals surface area contributed by atoms with Crippen molar-refractivity contribution in [2.75, 3.05) is 24.7 Å². The number of rotatable bonds is 6. The lowest BCUT2D eigenvalue weighted by molar-refractivity contribution is 0.231. The van der Waals surface area contributed by atoms with Gasteiger partial charge in [-0.15, -0.1) is 0 Å². The van der Waals surface area contributed by atoms with E-state index in [1.54, 1.807) is 20.2 Å². The van der Waals surface area contributed by atoms with Crippen LogP contribution in [0.5, 0.6) is 5.75 Å². The number of nitrogens with zero attached hydrogens (tertiary/aromatic N) is 2. The summed E-state index contributed by atoms with van der Waals surface area (Å²) in [6.07, 6.45) is 1.28. The molecule has 0 amide bonds. The number of ether oxygens (including phenoxy) is 1. The Morgan fingerprint density at radius 2 is 1.78 bits per heavy atom. The number of hydrogen-bond acceptors (Lipinski definition) is 6. The maximum atomic E-state index is 14.2. The van der Waals surface area contributed by atoms with Crippen molar-refractivity contribution in [3.05, 3.63) is 41.5 Å². The van der Waals surface area contributed by atoms with Crippen LogP contribution in [-0.2, 0) is 0 Å². The molecular formula is C16H20FN5O. The minimum Gasteiger partial charge on any atom is -0.488 e. The predicted octanol–water partition coefficient (Wildman–Crippen LogP) is 2.90. The monoisotopic (exact) mass is 317 g/mol. The minimum atomic E-state index is -0.505. The van der Waals surface area contributed by atoms with E-state index in [-0.39, 0.29) is 17.6 Å². The van der Waals surface area contributed by atoms with E-state index in [4.69, 9.17) is 10.1 Å². The fourth-order valence-electron chi connectivity index (χ4n) is 2.15. The van der Waals surface area contributed by atoms with Crippen molar-refractivity contribution in [1.29, 1.82) is 5.41 Å². The van der Waals surface area contributed by atoms with Gasteiger partial charge in [0.25, 0.3) is 0 Å². The second-order valence-electron chi connectivity index (χ2n) is 5.13. The third-order valence-corrected chi connectivity index (χ3v) is 3.15. The molecule has 1 heterocycles. The lowest BCUT2D eigenvalue weighted by Gasteiger charge is -2.15. The highest BCUT2D eigenvalue weighted by molar-refractivity contribution is 6.16. The molecule has 0 aliphatic carbocycles. The summed E-state index contributed by atoms with van der Waals surface area (Å²) in [6.45, 7) is 3.66. The summed E-state index contributed by atoms with van der Waals surface area (Å²) in [6, 6.07) is 4.46. The Balaban J connectivity index is 2.44. The first-order valence-corrected chi connectivity index (χ1v) is 7.24. The first-order valence-electron chi connectivity index (χ1n) is 7.24. The van der Waals surface area contributed by atoms with Crippen LogP contribution in [0.25, 0.3) is 0 Å². The van der Waals surface area contributed by atoms with E-state index in [9.17, 15) is 4.39 Å². The maximum absolute atomic E-state index is 14.2. The first kappa shape index (κ1) is 16.7. The highest BCUT2D eigenvalue weighted by Gasteiger charge is 2.18. The van der Waals surface area contributed by atoms with E-state index in [0.29, 0.717) is 22.8 Å². The molecule has 2 aromatic rings. The fourth-order valence-corrected chi connectivity index (χ4v) is 2.15. The van der Waals surface area contributed by atoms with Gasteiger partial charge in [-0.2, -0.15) is 0 Å². The van der Waals surface area contributed by atoms with Crippen molar-refractivity contribution in [2.45, 2.75) is 20.0 Å². The van der Waals surface area contributed by atoms with Gasteiger partial charge in [0.05, 0.1) is 17.4 Å². The fraction of sp³-hybridized carbons (Fsp3) is 0.312. The van der Waals surface area contributed by atoms with Gasteiger partial charge in [-0.25, -0.2) is 14.4 Å². The summed E-state index contributed by atoms with van der Waals surface area (Å²) in [5.74, 6) is 0.660. The van der Waals surface area contributed by atoms with Crippen molar-refractivity contribution < 1.29 is 9.13 Å². The average Bonchev–Trinajstić information content (AvgIpc) is 2.54. The third-order valence-electron chi connectivity index (χ3n) is 3.15.